The largest absolute Gasteiger partial charge is 0.496 e. The molecule has 1 aromatic rings. The minimum absolute atomic E-state index is 0.160. The minimum Gasteiger partial charge on any atom is -0.496 e. The number of carbonyl (C=O) groups excluding carboxylic acids is 1. The Kier molecular flexibility index (Phi) is 4.99. The van der Waals surface area contributed by atoms with Crippen molar-refractivity contribution in [2.24, 2.45) is 5.92 Å². The van der Waals surface area contributed by atoms with E-state index in [1.165, 1.54) is 25.3 Å². The molecule has 1 aromatic carbocycles. The molecule has 3 nitrogen and oxygen atoms in total. The van der Waals surface area contributed by atoms with Crippen molar-refractivity contribution >= 4 is 5.78 Å². The van der Waals surface area contributed by atoms with Gasteiger partial charge in [0.15, 0.2) is 5.78 Å². The molecule has 1 saturated carbocycles. The summed E-state index contributed by atoms with van der Waals surface area (Å²) in [6.07, 6.45) is 3.41. The summed E-state index contributed by atoms with van der Waals surface area (Å²) in [5.41, 5.74) is -0.562. The Bertz CT molecular complexity index is 511. The highest BCUT2D eigenvalue weighted by molar-refractivity contribution is 6.04. The molecule has 0 aliphatic heterocycles. The van der Waals surface area contributed by atoms with E-state index in [0.29, 0.717) is 31.1 Å². The van der Waals surface area contributed by atoms with Crippen LogP contribution < -0.4 is 4.74 Å². The first-order valence-corrected chi connectivity index (χ1v) is 7.54. The molecule has 2 atom stereocenters. The van der Waals surface area contributed by atoms with Crippen molar-refractivity contribution in [1.29, 1.82) is 0 Å². The normalized spacial score (nSPS) is 25.6. The monoisotopic (exact) mass is 294 g/mol. The lowest BCUT2D eigenvalue weighted by molar-refractivity contribution is -0.0513. The number of hydrogen-bond acceptors (Lipinski definition) is 3. The van der Waals surface area contributed by atoms with Crippen LogP contribution in [0, 0.1) is 11.7 Å². The van der Waals surface area contributed by atoms with Gasteiger partial charge in [-0.2, -0.15) is 0 Å². The van der Waals surface area contributed by atoms with Gasteiger partial charge in [-0.1, -0.05) is 13.3 Å². The van der Waals surface area contributed by atoms with E-state index in [2.05, 4.69) is 6.92 Å². The Morgan fingerprint density at radius 3 is 2.86 bits per heavy atom. The SMILES string of the molecule is CCOC1(C(=O)c2cc(F)ccc2OC)CCCC(C)C1. The molecule has 0 spiro atoms. The quantitative estimate of drug-likeness (QED) is 0.770. The first-order valence-electron chi connectivity index (χ1n) is 7.54. The highest BCUT2D eigenvalue weighted by atomic mass is 19.1. The molecule has 0 amide bonds. The Balaban J connectivity index is 2.41. The second-order valence-corrected chi connectivity index (χ2v) is 5.80. The van der Waals surface area contributed by atoms with Gasteiger partial charge >= 0.3 is 0 Å². The third kappa shape index (κ3) is 3.26. The zero-order valence-electron chi connectivity index (χ0n) is 12.9. The lowest BCUT2D eigenvalue weighted by Crippen LogP contribution is -2.45. The Labute approximate surface area is 125 Å². The number of Topliss-reactive ketones (excluding diaryl/α,β-unsaturated/α-hetero) is 1. The fraction of sp³-hybridized carbons (Fsp3) is 0.588. The van der Waals surface area contributed by atoms with Gasteiger partial charge in [0.05, 0.1) is 12.7 Å². The molecule has 4 heteroatoms. The summed E-state index contributed by atoms with van der Waals surface area (Å²) >= 11 is 0. The predicted octanol–water partition coefficient (Wildman–Crippen LogP) is 4.00. The summed E-state index contributed by atoms with van der Waals surface area (Å²) in [6.45, 7) is 4.48. The van der Waals surface area contributed by atoms with E-state index >= 15 is 0 Å². The average molecular weight is 294 g/mol. The molecule has 0 N–H and O–H groups in total. The molecule has 21 heavy (non-hydrogen) atoms. The van der Waals surface area contributed by atoms with Crippen LogP contribution in [0.1, 0.15) is 49.9 Å². The number of benzene rings is 1. The second-order valence-electron chi connectivity index (χ2n) is 5.80. The first kappa shape index (κ1) is 16.0. The van der Waals surface area contributed by atoms with E-state index in [9.17, 15) is 9.18 Å². The fourth-order valence-corrected chi connectivity index (χ4v) is 3.29. The van der Waals surface area contributed by atoms with Crippen LogP contribution >= 0.6 is 0 Å². The van der Waals surface area contributed by atoms with Crippen molar-refractivity contribution < 1.29 is 18.7 Å². The van der Waals surface area contributed by atoms with Gasteiger partial charge in [-0.25, -0.2) is 4.39 Å². The maximum atomic E-state index is 13.5. The maximum Gasteiger partial charge on any atom is 0.198 e. The van der Waals surface area contributed by atoms with Crippen molar-refractivity contribution in [2.45, 2.75) is 45.1 Å². The highest BCUT2D eigenvalue weighted by Crippen LogP contribution is 2.39. The molecule has 0 radical (unpaired) electrons. The van der Waals surface area contributed by atoms with Crippen molar-refractivity contribution in [3.8, 4) is 5.75 Å². The van der Waals surface area contributed by atoms with E-state index in [1.807, 2.05) is 6.92 Å². The molecule has 2 rings (SSSR count). The number of ketones is 1. The molecule has 2 unspecified atom stereocenters. The van der Waals surface area contributed by atoms with Gasteiger partial charge in [0, 0.05) is 6.61 Å². The van der Waals surface area contributed by atoms with Crippen molar-refractivity contribution in [2.75, 3.05) is 13.7 Å². The van der Waals surface area contributed by atoms with Crippen LogP contribution in [0.25, 0.3) is 0 Å². The molecular weight excluding hydrogens is 271 g/mol. The fourth-order valence-electron chi connectivity index (χ4n) is 3.29. The molecule has 0 aromatic heterocycles. The van der Waals surface area contributed by atoms with Crippen molar-refractivity contribution in [3.05, 3.63) is 29.6 Å². The third-order valence-electron chi connectivity index (χ3n) is 4.20. The summed E-state index contributed by atoms with van der Waals surface area (Å²) in [5.74, 6) is 0.231. The van der Waals surface area contributed by atoms with E-state index in [-0.39, 0.29) is 11.3 Å². The molecule has 1 aliphatic carbocycles. The summed E-state index contributed by atoms with van der Waals surface area (Å²) in [6, 6.07) is 4.04. The van der Waals surface area contributed by atoms with E-state index < -0.39 is 11.4 Å². The third-order valence-corrected chi connectivity index (χ3v) is 4.20. The zero-order chi connectivity index (χ0) is 15.5. The summed E-state index contributed by atoms with van der Waals surface area (Å²) in [4.78, 5) is 13.0. The number of ether oxygens (including phenoxy) is 2. The Morgan fingerprint density at radius 2 is 2.24 bits per heavy atom. The Hall–Kier alpha value is -1.42. The zero-order valence-corrected chi connectivity index (χ0v) is 12.9. The van der Waals surface area contributed by atoms with Gasteiger partial charge in [-0.3, -0.25) is 4.79 Å². The number of methoxy groups -OCH3 is 1. The smallest absolute Gasteiger partial charge is 0.198 e. The van der Waals surface area contributed by atoms with E-state index in [0.717, 1.165) is 12.8 Å². The van der Waals surface area contributed by atoms with Crippen molar-refractivity contribution in [3.63, 3.8) is 0 Å². The molecule has 116 valence electrons. The van der Waals surface area contributed by atoms with Crippen LogP contribution in [-0.4, -0.2) is 25.1 Å². The average Bonchev–Trinajstić information content (AvgIpc) is 2.46. The molecular formula is C17H23FO3. The minimum atomic E-state index is -0.840. The lowest BCUT2D eigenvalue weighted by atomic mass is 9.74. The lowest BCUT2D eigenvalue weighted by Gasteiger charge is -2.38. The molecule has 1 aliphatic rings. The molecule has 0 saturated heterocycles. The molecule has 1 fully saturated rings. The molecule has 0 bridgehead atoms. The standard InChI is InChI=1S/C17H23FO3/c1-4-21-17(9-5-6-12(2)11-17)16(19)14-10-13(18)7-8-15(14)20-3/h7-8,10,12H,4-6,9,11H2,1-3H3. The summed E-state index contributed by atoms with van der Waals surface area (Å²) in [7, 11) is 1.49. The second kappa shape index (κ2) is 6.56. The van der Waals surface area contributed by atoms with E-state index in [1.54, 1.807) is 0 Å². The van der Waals surface area contributed by atoms with Gasteiger partial charge in [-0.05, 0) is 50.3 Å². The predicted molar refractivity (Wildman–Crippen MR) is 79.3 cm³/mol. The number of rotatable bonds is 5. The van der Waals surface area contributed by atoms with Crippen LogP contribution in [0.3, 0.4) is 0 Å². The van der Waals surface area contributed by atoms with Crippen LogP contribution in [0.15, 0.2) is 18.2 Å². The molecule has 0 heterocycles. The highest BCUT2D eigenvalue weighted by Gasteiger charge is 2.43. The van der Waals surface area contributed by atoms with Gasteiger partial charge < -0.3 is 9.47 Å². The number of carbonyl (C=O) groups is 1. The Morgan fingerprint density at radius 1 is 1.48 bits per heavy atom. The van der Waals surface area contributed by atoms with Crippen molar-refractivity contribution in [1.82, 2.24) is 0 Å². The van der Waals surface area contributed by atoms with E-state index in [4.69, 9.17) is 9.47 Å². The van der Waals surface area contributed by atoms with Gasteiger partial charge in [0.25, 0.3) is 0 Å². The summed E-state index contributed by atoms with van der Waals surface area (Å²) in [5, 5.41) is 0. The van der Waals surface area contributed by atoms with Gasteiger partial charge in [-0.15, -0.1) is 0 Å². The summed E-state index contributed by atoms with van der Waals surface area (Å²) < 4.78 is 24.6. The van der Waals surface area contributed by atoms with Gasteiger partial charge in [0.2, 0.25) is 0 Å². The maximum absolute atomic E-state index is 13.5. The topological polar surface area (TPSA) is 35.5 Å². The van der Waals surface area contributed by atoms with Crippen LogP contribution in [0.5, 0.6) is 5.75 Å². The van der Waals surface area contributed by atoms with Crippen LogP contribution in [0.2, 0.25) is 0 Å². The van der Waals surface area contributed by atoms with Crippen LogP contribution in [-0.2, 0) is 4.74 Å². The first-order chi connectivity index (χ1) is 10.0. The number of halogens is 1. The van der Waals surface area contributed by atoms with Crippen LogP contribution in [0.4, 0.5) is 4.39 Å². The number of hydrogen-bond donors (Lipinski definition) is 0. The van der Waals surface area contributed by atoms with Gasteiger partial charge in [0.1, 0.15) is 17.2 Å².